The molecule has 1 heterocycles. The van der Waals surface area contributed by atoms with Crippen LogP contribution in [0.2, 0.25) is 0 Å². The molecule has 0 aliphatic carbocycles. The first kappa shape index (κ1) is 12.5. The number of nitrogens with zero attached hydrogens (tertiary/aromatic N) is 1. The standard InChI is InChI=1S/C11H19N3O2/c1-9(2)8-16-11(15)14-5-3-4-10-12-6-7-13-10/h6-7,9H,3-5,8H2,1-2H3,(H,12,13)(H,14,15). The van der Waals surface area contributed by atoms with Gasteiger partial charge in [0, 0.05) is 25.4 Å². The lowest BCUT2D eigenvalue weighted by molar-refractivity contribution is 0.133. The van der Waals surface area contributed by atoms with Gasteiger partial charge in [0.15, 0.2) is 0 Å². The molecular formula is C11H19N3O2. The Hall–Kier alpha value is -1.52. The minimum atomic E-state index is -0.340. The molecule has 5 heteroatoms. The van der Waals surface area contributed by atoms with Crippen LogP contribution in [0.4, 0.5) is 4.79 Å². The highest BCUT2D eigenvalue weighted by atomic mass is 16.5. The van der Waals surface area contributed by atoms with Gasteiger partial charge in [-0.2, -0.15) is 0 Å². The molecule has 5 nitrogen and oxygen atoms in total. The summed E-state index contributed by atoms with van der Waals surface area (Å²) in [5, 5.41) is 2.70. The molecule has 90 valence electrons. The number of hydrogen-bond acceptors (Lipinski definition) is 3. The van der Waals surface area contributed by atoms with Gasteiger partial charge in [0.1, 0.15) is 5.82 Å². The molecule has 2 N–H and O–H groups in total. The normalized spacial score (nSPS) is 10.4. The monoisotopic (exact) mass is 225 g/mol. The van der Waals surface area contributed by atoms with Crippen LogP contribution < -0.4 is 5.32 Å². The fourth-order valence-electron chi connectivity index (χ4n) is 1.17. The summed E-state index contributed by atoms with van der Waals surface area (Å²) in [5.74, 6) is 1.31. The van der Waals surface area contributed by atoms with Gasteiger partial charge in [-0.05, 0) is 12.3 Å². The van der Waals surface area contributed by atoms with E-state index in [9.17, 15) is 4.79 Å². The summed E-state index contributed by atoms with van der Waals surface area (Å²) >= 11 is 0. The van der Waals surface area contributed by atoms with Crippen LogP contribution in [-0.2, 0) is 11.2 Å². The summed E-state index contributed by atoms with van der Waals surface area (Å²) < 4.78 is 4.97. The minimum Gasteiger partial charge on any atom is -0.449 e. The summed E-state index contributed by atoms with van der Waals surface area (Å²) in [6.07, 6.45) is 4.86. The van der Waals surface area contributed by atoms with E-state index in [2.05, 4.69) is 15.3 Å². The zero-order chi connectivity index (χ0) is 11.8. The summed E-state index contributed by atoms with van der Waals surface area (Å²) in [6, 6.07) is 0. The van der Waals surface area contributed by atoms with Crippen molar-refractivity contribution in [2.75, 3.05) is 13.2 Å². The molecule has 0 aliphatic rings. The van der Waals surface area contributed by atoms with E-state index in [1.807, 2.05) is 13.8 Å². The molecule has 0 saturated carbocycles. The van der Waals surface area contributed by atoms with Gasteiger partial charge < -0.3 is 15.0 Å². The van der Waals surface area contributed by atoms with Gasteiger partial charge >= 0.3 is 6.09 Å². The highest BCUT2D eigenvalue weighted by molar-refractivity contribution is 5.66. The Balaban J connectivity index is 2.00. The number of ether oxygens (including phenoxy) is 1. The Morgan fingerprint density at radius 3 is 3.06 bits per heavy atom. The number of imidazole rings is 1. The second kappa shape index (κ2) is 6.87. The highest BCUT2D eigenvalue weighted by Crippen LogP contribution is 1.95. The van der Waals surface area contributed by atoms with E-state index >= 15 is 0 Å². The van der Waals surface area contributed by atoms with Crippen LogP contribution in [0.3, 0.4) is 0 Å². The third kappa shape index (κ3) is 5.38. The quantitative estimate of drug-likeness (QED) is 0.724. The molecule has 1 rings (SSSR count). The van der Waals surface area contributed by atoms with E-state index in [4.69, 9.17) is 4.74 Å². The summed E-state index contributed by atoms with van der Waals surface area (Å²) in [6.45, 7) is 5.08. The van der Waals surface area contributed by atoms with Crippen molar-refractivity contribution in [2.24, 2.45) is 5.92 Å². The van der Waals surface area contributed by atoms with Crippen molar-refractivity contribution in [3.05, 3.63) is 18.2 Å². The number of carbonyl (C=O) groups excluding carboxylic acids is 1. The van der Waals surface area contributed by atoms with E-state index in [1.165, 1.54) is 0 Å². The van der Waals surface area contributed by atoms with Gasteiger partial charge in [0.2, 0.25) is 0 Å². The highest BCUT2D eigenvalue weighted by Gasteiger charge is 2.02. The van der Waals surface area contributed by atoms with Crippen molar-refractivity contribution in [3.63, 3.8) is 0 Å². The Bertz CT molecular complexity index is 296. The molecule has 0 bridgehead atoms. The maximum absolute atomic E-state index is 11.2. The summed E-state index contributed by atoms with van der Waals surface area (Å²) in [4.78, 5) is 18.3. The molecule has 1 aromatic heterocycles. The Kier molecular flexibility index (Phi) is 5.39. The molecule has 0 unspecified atom stereocenters. The van der Waals surface area contributed by atoms with Gasteiger partial charge in [0.25, 0.3) is 0 Å². The lowest BCUT2D eigenvalue weighted by Crippen LogP contribution is -2.26. The number of alkyl carbamates (subject to hydrolysis) is 1. The molecule has 1 aromatic rings. The number of nitrogens with one attached hydrogen (secondary N) is 2. The van der Waals surface area contributed by atoms with Gasteiger partial charge in [0.05, 0.1) is 6.61 Å². The molecule has 0 atom stereocenters. The number of H-pyrrole nitrogens is 1. The Morgan fingerprint density at radius 1 is 1.62 bits per heavy atom. The van der Waals surface area contributed by atoms with Crippen molar-refractivity contribution in [2.45, 2.75) is 26.7 Å². The van der Waals surface area contributed by atoms with Crippen LogP contribution in [0.5, 0.6) is 0 Å². The first-order valence-corrected chi connectivity index (χ1v) is 5.57. The SMILES string of the molecule is CC(C)COC(=O)NCCCc1ncc[nH]1. The fraction of sp³-hybridized carbons (Fsp3) is 0.636. The van der Waals surface area contributed by atoms with Crippen LogP contribution in [-0.4, -0.2) is 29.2 Å². The summed E-state index contributed by atoms with van der Waals surface area (Å²) in [5.41, 5.74) is 0. The largest absolute Gasteiger partial charge is 0.449 e. The molecule has 0 saturated heterocycles. The minimum absolute atomic E-state index is 0.340. The van der Waals surface area contributed by atoms with E-state index in [0.29, 0.717) is 19.1 Å². The van der Waals surface area contributed by atoms with Crippen LogP contribution >= 0.6 is 0 Å². The number of amides is 1. The lowest BCUT2D eigenvalue weighted by Gasteiger charge is -2.08. The third-order valence-electron chi connectivity index (χ3n) is 1.96. The van der Waals surface area contributed by atoms with Crippen LogP contribution in [0.1, 0.15) is 26.1 Å². The number of rotatable bonds is 6. The Labute approximate surface area is 95.6 Å². The molecule has 0 aliphatic heterocycles. The van der Waals surface area contributed by atoms with Gasteiger partial charge in [-0.1, -0.05) is 13.8 Å². The molecule has 16 heavy (non-hydrogen) atoms. The molecular weight excluding hydrogens is 206 g/mol. The van der Waals surface area contributed by atoms with E-state index in [0.717, 1.165) is 18.7 Å². The van der Waals surface area contributed by atoms with Crippen molar-refractivity contribution >= 4 is 6.09 Å². The van der Waals surface area contributed by atoms with Gasteiger partial charge in [-0.3, -0.25) is 0 Å². The van der Waals surface area contributed by atoms with Crippen molar-refractivity contribution in [3.8, 4) is 0 Å². The van der Waals surface area contributed by atoms with E-state index in [1.54, 1.807) is 12.4 Å². The molecule has 1 amide bonds. The average Bonchev–Trinajstić information content (AvgIpc) is 2.74. The molecule has 0 aromatic carbocycles. The molecule has 0 spiro atoms. The van der Waals surface area contributed by atoms with Crippen LogP contribution in [0.25, 0.3) is 0 Å². The number of aryl methyl sites for hydroxylation is 1. The second-order valence-corrected chi connectivity index (χ2v) is 4.06. The van der Waals surface area contributed by atoms with E-state index < -0.39 is 0 Å². The van der Waals surface area contributed by atoms with Crippen molar-refractivity contribution in [1.29, 1.82) is 0 Å². The first-order chi connectivity index (χ1) is 7.68. The zero-order valence-electron chi connectivity index (χ0n) is 9.82. The van der Waals surface area contributed by atoms with Crippen LogP contribution in [0.15, 0.2) is 12.4 Å². The van der Waals surface area contributed by atoms with Gasteiger partial charge in [-0.15, -0.1) is 0 Å². The molecule has 0 fully saturated rings. The first-order valence-electron chi connectivity index (χ1n) is 5.57. The number of aromatic nitrogens is 2. The smallest absolute Gasteiger partial charge is 0.407 e. The molecule has 0 radical (unpaired) electrons. The number of carbonyl (C=O) groups is 1. The lowest BCUT2D eigenvalue weighted by atomic mass is 10.2. The topological polar surface area (TPSA) is 67.0 Å². The van der Waals surface area contributed by atoms with Crippen LogP contribution in [0, 0.1) is 5.92 Å². The second-order valence-electron chi connectivity index (χ2n) is 4.06. The predicted molar refractivity (Wildman–Crippen MR) is 61.1 cm³/mol. The Morgan fingerprint density at radius 2 is 2.44 bits per heavy atom. The van der Waals surface area contributed by atoms with Crippen molar-refractivity contribution in [1.82, 2.24) is 15.3 Å². The van der Waals surface area contributed by atoms with Crippen molar-refractivity contribution < 1.29 is 9.53 Å². The maximum Gasteiger partial charge on any atom is 0.407 e. The van der Waals surface area contributed by atoms with Gasteiger partial charge in [-0.25, -0.2) is 9.78 Å². The predicted octanol–water partition coefficient (Wildman–Crippen LogP) is 1.72. The fourth-order valence-corrected chi connectivity index (χ4v) is 1.17. The summed E-state index contributed by atoms with van der Waals surface area (Å²) in [7, 11) is 0. The maximum atomic E-state index is 11.2. The number of aromatic amines is 1. The number of hydrogen-bond donors (Lipinski definition) is 2. The average molecular weight is 225 g/mol. The van der Waals surface area contributed by atoms with E-state index in [-0.39, 0.29) is 6.09 Å². The zero-order valence-corrected chi connectivity index (χ0v) is 9.82. The third-order valence-corrected chi connectivity index (χ3v) is 1.96.